The summed E-state index contributed by atoms with van der Waals surface area (Å²) in [4.78, 5) is 11.8. The Balaban J connectivity index is 1.79. The molecule has 5 heteroatoms. The number of hydrogen-bond acceptors (Lipinski definition) is 4. The van der Waals surface area contributed by atoms with Crippen LogP contribution in [0.1, 0.15) is 24.8 Å². The molecule has 1 fully saturated rings. The minimum Gasteiger partial charge on any atom is -0.483 e. The summed E-state index contributed by atoms with van der Waals surface area (Å²) in [6.07, 6.45) is 3.51. The Hall–Kier alpha value is -1.59. The van der Waals surface area contributed by atoms with E-state index in [4.69, 9.17) is 10.5 Å². The summed E-state index contributed by atoms with van der Waals surface area (Å²) in [7, 11) is 0. The van der Waals surface area contributed by atoms with Crippen molar-refractivity contribution < 1.29 is 9.53 Å². The van der Waals surface area contributed by atoms with Crippen molar-refractivity contribution in [2.45, 2.75) is 25.8 Å². The van der Waals surface area contributed by atoms with Crippen LogP contribution in [0.2, 0.25) is 0 Å². The molecule has 5 nitrogen and oxygen atoms in total. The van der Waals surface area contributed by atoms with Crippen LogP contribution in [-0.4, -0.2) is 30.6 Å². The van der Waals surface area contributed by atoms with Gasteiger partial charge in [-0.2, -0.15) is 0 Å². The van der Waals surface area contributed by atoms with Crippen molar-refractivity contribution in [1.82, 2.24) is 10.4 Å². The van der Waals surface area contributed by atoms with Gasteiger partial charge in [0.25, 0.3) is 5.91 Å². The van der Waals surface area contributed by atoms with Gasteiger partial charge in [-0.25, -0.2) is 5.01 Å². The second kappa shape index (κ2) is 7.11. The first kappa shape index (κ1) is 13.8. The lowest BCUT2D eigenvalue weighted by Gasteiger charge is -2.26. The lowest BCUT2D eigenvalue weighted by atomic mass is 10.2. The Morgan fingerprint density at radius 3 is 2.74 bits per heavy atom. The van der Waals surface area contributed by atoms with E-state index in [1.54, 1.807) is 0 Å². The summed E-state index contributed by atoms with van der Waals surface area (Å²) in [6, 6.07) is 7.51. The minimum atomic E-state index is -0.117. The highest BCUT2D eigenvalue weighted by atomic mass is 16.5. The van der Waals surface area contributed by atoms with Gasteiger partial charge in [0.15, 0.2) is 6.61 Å². The molecule has 19 heavy (non-hydrogen) atoms. The van der Waals surface area contributed by atoms with Crippen molar-refractivity contribution >= 4 is 5.91 Å². The fourth-order valence-electron chi connectivity index (χ4n) is 2.17. The zero-order valence-corrected chi connectivity index (χ0v) is 11.1. The lowest BCUT2D eigenvalue weighted by Crippen LogP contribution is -2.46. The van der Waals surface area contributed by atoms with Gasteiger partial charge in [-0.1, -0.05) is 24.6 Å². The summed E-state index contributed by atoms with van der Waals surface area (Å²) in [6.45, 7) is 2.27. The van der Waals surface area contributed by atoms with Gasteiger partial charge in [0.2, 0.25) is 0 Å². The number of hydrogen-bond donors (Lipinski definition) is 2. The predicted octanol–water partition coefficient (Wildman–Crippen LogP) is 1.04. The third-order valence-corrected chi connectivity index (χ3v) is 3.19. The Bertz CT molecular complexity index is 417. The van der Waals surface area contributed by atoms with E-state index in [9.17, 15) is 4.79 Å². The molecule has 1 aromatic rings. The van der Waals surface area contributed by atoms with E-state index in [1.165, 1.54) is 6.42 Å². The summed E-state index contributed by atoms with van der Waals surface area (Å²) in [5.74, 6) is 0.563. The molecule has 0 bridgehead atoms. The van der Waals surface area contributed by atoms with E-state index < -0.39 is 0 Å². The van der Waals surface area contributed by atoms with Crippen LogP contribution in [0, 0.1) is 0 Å². The number of amides is 1. The van der Waals surface area contributed by atoms with Crippen LogP contribution >= 0.6 is 0 Å². The van der Waals surface area contributed by atoms with Crippen LogP contribution in [0.25, 0.3) is 0 Å². The summed E-state index contributed by atoms with van der Waals surface area (Å²) in [5, 5.41) is 1.96. The molecule has 0 saturated carbocycles. The van der Waals surface area contributed by atoms with Crippen LogP contribution in [0.15, 0.2) is 24.3 Å². The molecule has 1 aromatic carbocycles. The number of nitrogens with two attached hydrogens (primary N) is 1. The molecule has 0 spiro atoms. The molecule has 1 amide bonds. The molecule has 1 aliphatic rings. The van der Waals surface area contributed by atoms with Crippen molar-refractivity contribution in [1.29, 1.82) is 0 Å². The first-order chi connectivity index (χ1) is 9.29. The number of nitrogens with zero attached hydrogens (tertiary/aromatic N) is 1. The quantitative estimate of drug-likeness (QED) is 0.833. The smallest absolute Gasteiger partial charge is 0.272 e. The molecule has 0 unspecified atom stereocenters. The monoisotopic (exact) mass is 263 g/mol. The van der Waals surface area contributed by atoms with Crippen LogP contribution in [-0.2, 0) is 11.3 Å². The summed E-state index contributed by atoms with van der Waals surface area (Å²) in [5.41, 5.74) is 9.39. The average Bonchev–Trinajstić information content (AvgIpc) is 2.46. The molecular formula is C14H21N3O2. The number of piperidine rings is 1. The Morgan fingerprint density at radius 2 is 2.00 bits per heavy atom. The molecule has 3 N–H and O–H groups in total. The Labute approximate surface area is 113 Å². The minimum absolute atomic E-state index is 0.0213. The number of para-hydroxylation sites is 1. The molecule has 2 rings (SSSR count). The fraction of sp³-hybridized carbons (Fsp3) is 0.500. The predicted molar refractivity (Wildman–Crippen MR) is 73.4 cm³/mol. The molecule has 1 saturated heterocycles. The van der Waals surface area contributed by atoms with E-state index in [2.05, 4.69) is 5.43 Å². The molecule has 104 valence electrons. The maximum Gasteiger partial charge on any atom is 0.272 e. The molecule has 0 aromatic heterocycles. The number of carbonyl (C=O) groups is 1. The van der Waals surface area contributed by atoms with Crippen molar-refractivity contribution in [3.05, 3.63) is 29.8 Å². The van der Waals surface area contributed by atoms with E-state index >= 15 is 0 Å². The van der Waals surface area contributed by atoms with Gasteiger partial charge in [0, 0.05) is 25.2 Å². The summed E-state index contributed by atoms with van der Waals surface area (Å²) >= 11 is 0. The SMILES string of the molecule is NCc1ccccc1OCC(=O)NN1CCCCC1. The van der Waals surface area contributed by atoms with Gasteiger partial charge in [0.05, 0.1) is 0 Å². The van der Waals surface area contributed by atoms with Gasteiger partial charge < -0.3 is 10.5 Å². The standard InChI is InChI=1S/C14H21N3O2/c15-10-12-6-2-3-7-13(12)19-11-14(18)16-17-8-4-1-5-9-17/h2-3,6-7H,1,4-5,8-11,15H2,(H,16,18). The first-order valence-corrected chi connectivity index (χ1v) is 6.75. The van der Waals surface area contributed by atoms with Crippen molar-refractivity contribution in [3.8, 4) is 5.75 Å². The number of hydrazine groups is 1. The molecule has 1 heterocycles. The lowest BCUT2D eigenvalue weighted by molar-refractivity contribution is -0.128. The molecular weight excluding hydrogens is 242 g/mol. The third-order valence-electron chi connectivity index (χ3n) is 3.19. The highest BCUT2D eigenvalue weighted by Crippen LogP contribution is 2.16. The number of nitrogens with one attached hydrogen (secondary N) is 1. The molecule has 0 aliphatic carbocycles. The van der Waals surface area contributed by atoms with Crippen LogP contribution in [0.4, 0.5) is 0 Å². The van der Waals surface area contributed by atoms with E-state index in [-0.39, 0.29) is 12.5 Å². The first-order valence-electron chi connectivity index (χ1n) is 6.75. The van der Waals surface area contributed by atoms with Crippen molar-refractivity contribution in [2.75, 3.05) is 19.7 Å². The van der Waals surface area contributed by atoms with Gasteiger partial charge in [-0.3, -0.25) is 10.2 Å². The molecule has 1 aliphatic heterocycles. The number of rotatable bonds is 5. The van der Waals surface area contributed by atoms with Gasteiger partial charge in [0.1, 0.15) is 5.75 Å². The fourth-order valence-corrected chi connectivity index (χ4v) is 2.17. The molecule has 0 atom stereocenters. The van der Waals surface area contributed by atoms with E-state index in [1.807, 2.05) is 29.3 Å². The Kier molecular flexibility index (Phi) is 5.18. The highest BCUT2D eigenvalue weighted by Gasteiger charge is 2.13. The second-order valence-electron chi connectivity index (χ2n) is 4.68. The number of benzene rings is 1. The van der Waals surface area contributed by atoms with Crippen molar-refractivity contribution in [2.24, 2.45) is 5.73 Å². The van der Waals surface area contributed by atoms with Crippen LogP contribution < -0.4 is 15.9 Å². The van der Waals surface area contributed by atoms with Crippen LogP contribution in [0.5, 0.6) is 5.75 Å². The highest BCUT2D eigenvalue weighted by molar-refractivity contribution is 5.77. The third kappa shape index (κ3) is 4.22. The van der Waals surface area contributed by atoms with E-state index in [0.717, 1.165) is 31.5 Å². The molecule has 0 radical (unpaired) electrons. The van der Waals surface area contributed by atoms with Gasteiger partial charge in [-0.15, -0.1) is 0 Å². The van der Waals surface area contributed by atoms with Crippen LogP contribution in [0.3, 0.4) is 0 Å². The van der Waals surface area contributed by atoms with Gasteiger partial charge in [-0.05, 0) is 18.9 Å². The zero-order valence-electron chi connectivity index (χ0n) is 11.1. The van der Waals surface area contributed by atoms with E-state index in [0.29, 0.717) is 12.3 Å². The topological polar surface area (TPSA) is 67.6 Å². The average molecular weight is 263 g/mol. The summed E-state index contributed by atoms with van der Waals surface area (Å²) < 4.78 is 5.51. The zero-order chi connectivity index (χ0) is 13.5. The van der Waals surface area contributed by atoms with Crippen molar-refractivity contribution in [3.63, 3.8) is 0 Å². The second-order valence-corrected chi connectivity index (χ2v) is 4.68. The maximum absolute atomic E-state index is 11.8. The maximum atomic E-state index is 11.8. The van der Waals surface area contributed by atoms with Gasteiger partial charge >= 0.3 is 0 Å². The number of carbonyl (C=O) groups excluding carboxylic acids is 1. The number of ether oxygens (including phenoxy) is 1. The largest absolute Gasteiger partial charge is 0.483 e. The Morgan fingerprint density at radius 1 is 1.26 bits per heavy atom. The normalized spacial score (nSPS) is 16.1.